The average Bonchev–Trinajstić information content (AvgIpc) is 2.94. The summed E-state index contributed by atoms with van der Waals surface area (Å²) in [5.74, 6) is 1.21. The van der Waals surface area contributed by atoms with Crippen molar-refractivity contribution in [3.05, 3.63) is 18.2 Å². The van der Waals surface area contributed by atoms with Crippen molar-refractivity contribution in [3.63, 3.8) is 0 Å². The van der Waals surface area contributed by atoms with Crippen LogP contribution in [-0.2, 0) is 4.79 Å². The molecule has 0 radical (unpaired) electrons. The lowest BCUT2D eigenvalue weighted by atomic mass is 10.1. The summed E-state index contributed by atoms with van der Waals surface area (Å²) in [6.45, 7) is 4.49. The van der Waals surface area contributed by atoms with Gasteiger partial charge in [-0.05, 0) is 19.7 Å². The summed E-state index contributed by atoms with van der Waals surface area (Å²) in [5.41, 5.74) is 0. The highest BCUT2D eigenvalue weighted by molar-refractivity contribution is 7.99. The van der Waals surface area contributed by atoms with Crippen LogP contribution in [0.1, 0.15) is 25.2 Å². The van der Waals surface area contributed by atoms with Crippen molar-refractivity contribution in [2.75, 3.05) is 32.9 Å². The molecule has 1 N–H and O–H groups in total. The van der Waals surface area contributed by atoms with Crippen LogP contribution in [0.2, 0.25) is 0 Å². The van der Waals surface area contributed by atoms with Crippen LogP contribution in [0, 0.1) is 0 Å². The summed E-state index contributed by atoms with van der Waals surface area (Å²) >= 11 is 1.64. The first-order valence-electron chi connectivity index (χ1n) is 6.68. The molecule has 5 nitrogen and oxygen atoms in total. The number of imidazole rings is 1. The summed E-state index contributed by atoms with van der Waals surface area (Å²) in [6, 6.07) is 0.173. The van der Waals surface area contributed by atoms with Gasteiger partial charge in [0, 0.05) is 32.0 Å². The highest BCUT2D eigenvalue weighted by Crippen LogP contribution is 2.23. The summed E-state index contributed by atoms with van der Waals surface area (Å²) < 4.78 is 0. The number of aromatic nitrogens is 2. The smallest absolute Gasteiger partial charge is 0.235 e. The summed E-state index contributed by atoms with van der Waals surface area (Å²) in [6.07, 6.45) is 6.49. The number of hydrogen-bond acceptors (Lipinski definition) is 4. The van der Waals surface area contributed by atoms with Crippen LogP contribution in [0.15, 0.2) is 12.4 Å². The second kappa shape index (κ2) is 6.43. The van der Waals surface area contributed by atoms with Crippen LogP contribution in [-0.4, -0.2) is 63.9 Å². The maximum atomic E-state index is 12.4. The molecule has 106 valence electrons. The Hall–Kier alpha value is -1.01. The van der Waals surface area contributed by atoms with Gasteiger partial charge in [0.15, 0.2) is 0 Å². The highest BCUT2D eigenvalue weighted by Gasteiger charge is 2.32. The van der Waals surface area contributed by atoms with Gasteiger partial charge in [-0.15, -0.1) is 0 Å². The van der Waals surface area contributed by atoms with E-state index in [1.807, 2.05) is 17.4 Å². The van der Waals surface area contributed by atoms with E-state index in [2.05, 4.69) is 28.8 Å². The Morgan fingerprint density at radius 3 is 3.00 bits per heavy atom. The maximum Gasteiger partial charge on any atom is 0.235 e. The minimum Gasteiger partial charge on any atom is -0.347 e. The number of nitrogens with one attached hydrogen (secondary N) is 1. The van der Waals surface area contributed by atoms with E-state index in [9.17, 15) is 4.79 Å². The lowest BCUT2D eigenvalue weighted by Gasteiger charge is -2.39. The fourth-order valence-corrected chi connectivity index (χ4v) is 3.16. The Kier molecular flexibility index (Phi) is 4.87. The quantitative estimate of drug-likeness (QED) is 0.906. The van der Waals surface area contributed by atoms with Crippen LogP contribution in [0.5, 0.6) is 0 Å². The van der Waals surface area contributed by atoms with Gasteiger partial charge in [0.2, 0.25) is 5.91 Å². The molecule has 1 amide bonds. The maximum absolute atomic E-state index is 12.4. The molecule has 1 aliphatic heterocycles. The van der Waals surface area contributed by atoms with Crippen LogP contribution in [0.4, 0.5) is 0 Å². The first-order valence-corrected chi connectivity index (χ1v) is 7.97. The molecule has 2 rings (SSSR count). The molecule has 1 saturated heterocycles. The van der Waals surface area contributed by atoms with Gasteiger partial charge >= 0.3 is 0 Å². The fraction of sp³-hybridized carbons (Fsp3) is 0.692. The molecule has 19 heavy (non-hydrogen) atoms. The molecule has 1 aromatic heterocycles. The van der Waals surface area contributed by atoms with E-state index in [1.54, 1.807) is 18.0 Å². The SMILES string of the molecule is CC[C@H](SC)C(=O)N1CCN(C)[C@@H](c2ncc[nH]2)C1. The van der Waals surface area contributed by atoms with E-state index in [0.717, 1.165) is 31.9 Å². The van der Waals surface area contributed by atoms with Crippen molar-refractivity contribution >= 4 is 17.7 Å². The highest BCUT2D eigenvalue weighted by atomic mass is 32.2. The standard InChI is InChI=1S/C13H22N4OS/c1-4-11(19-3)13(18)17-8-7-16(2)10(9-17)12-14-5-6-15-12/h5-6,10-11H,4,7-9H2,1-3H3,(H,14,15)/t10-,11+/m1/s1. The number of hydrogen-bond donors (Lipinski definition) is 1. The number of thioether (sulfide) groups is 1. The number of nitrogens with zero attached hydrogens (tertiary/aromatic N) is 3. The Morgan fingerprint density at radius 1 is 1.63 bits per heavy atom. The Bertz CT molecular complexity index is 405. The molecule has 0 saturated carbocycles. The number of carbonyl (C=O) groups is 1. The molecular formula is C13H22N4OS. The minimum atomic E-state index is 0.0839. The number of H-pyrrole nitrogens is 1. The number of piperazine rings is 1. The average molecular weight is 282 g/mol. The molecular weight excluding hydrogens is 260 g/mol. The largest absolute Gasteiger partial charge is 0.347 e. The molecule has 0 spiro atoms. The Labute approximate surface area is 118 Å². The van der Waals surface area contributed by atoms with E-state index in [4.69, 9.17) is 0 Å². The lowest BCUT2D eigenvalue weighted by molar-refractivity contribution is -0.133. The minimum absolute atomic E-state index is 0.0839. The van der Waals surface area contributed by atoms with E-state index in [1.165, 1.54) is 0 Å². The molecule has 1 fully saturated rings. The predicted octanol–water partition coefficient (Wildman–Crippen LogP) is 1.37. The van der Waals surface area contributed by atoms with Crippen molar-refractivity contribution in [1.29, 1.82) is 0 Å². The van der Waals surface area contributed by atoms with Gasteiger partial charge < -0.3 is 9.88 Å². The molecule has 1 aromatic rings. The molecule has 1 aliphatic rings. The lowest BCUT2D eigenvalue weighted by Crippen LogP contribution is -2.51. The number of aromatic amines is 1. The van der Waals surface area contributed by atoms with Crippen molar-refractivity contribution in [1.82, 2.24) is 19.8 Å². The molecule has 0 bridgehead atoms. The first kappa shape index (κ1) is 14.4. The second-order valence-electron chi connectivity index (χ2n) is 4.89. The van der Waals surface area contributed by atoms with Crippen LogP contribution >= 0.6 is 11.8 Å². The third-order valence-corrected chi connectivity index (χ3v) is 4.83. The van der Waals surface area contributed by atoms with E-state index in [-0.39, 0.29) is 17.2 Å². The Morgan fingerprint density at radius 2 is 2.42 bits per heavy atom. The van der Waals surface area contributed by atoms with E-state index < -0.39 is 0 Å². The van der Waals surface area contributed by atoms with E-state index in [0.29, 0.717) is 0 Å². The monoisotopic (exact) mass is 282 g/mol. The second-order valence-corrected chi connectivity index (χ2v) is 5.93. The van der Waals surface area contributed by atoms with E-state index >= 15 is 0 Å². The Balaban J connectivity index is 2.07. The van der Waals surface area contributed by atoms with Crippen molar-refractivity contribution in [2.24, 2.45) is 0 Å². The van der Waals surface area contributed by atoms with Gasteiger partial charge in [0.05, 0.1) is 11.3 Å². The molecule has 0 unspecified atom stereocenters. The van der Waals surface area contributed by atoms with Gasteiger partial charge in [-0.3, -0.25) is 9.69 Å². The number of likely N-dealkylation sites (N-methyl/N-ethyl adjacent to an activating group) is 1. The summed E-state index contributed by atoms with van der Waals surface area (Å²) in [7, 11) is 2.08. The predicted molar refractivity (Wildman–Crippen MR) is 78.1 cm³/mol. The molecule has 0 aliphatic carbocycles. The van der Waals surface area contributed by atoms with Gasteiger partial charge in [0.1, 0.15) is 5.82 Å². The zero-order valence-electron chi connectivity index (χ0n) is 11.8. The molecule has 2 atom stereocenters. The van der Waals surface area contributed by atoms with Gasteiger partial charge in [0.25, 0.3) is 0 Å². The van der Waals surface area contributed by atoms with Gasteiger partial charge in [-0.1, -0.05) is 6.92 Å². The van der Waals surface area contributed by atoms with Gasteiger partial charge in [-0.2, -0.15) is 11.8 Å². The van der Waals surface area contributed by atoms with Crippen molar-refractivity contribution in [2.45, 2.75) is 24.6 Å². The van der Waals surface area contributed by atoms with Crippen molar-refractivity contribution < 1.29 is 4.79 Å². The summed E-state index contributed by atoms with van der Waals surface area (Å²) in [5, 5.41) is 0.0839. The van der Waals surface area contributed by atoms with Crippen LogP contribution in [0.25, 0.3) is 0 Å². The first-order chi connectivity index (χ1) is 9.17. The van der Waals surface area contributed by atoms with Crippen LogP contribution in [0.3, 0.4) is 0 Å². The molecule has 2 heterocycles. The number of amides is 1. The van der Waals surface area contributed by atoms with Crippen LogP contribution < -0.4 is 0 Å². The van der Waals surface area contributed by atoms with Crippen molar-refractivity contribution in [3.8, 4) is 0 Å². The zero-order valence-corrected chi connectivity index (χ0v) is 12.6. The fourth-order valence-electron chi connectivity index (χ4n) is 2.47. The molecule has 6 heteroatoms. The third-order valence-electron chi connectivity index (χ3n) is 3.73. The summed E-state index contributed by atoms with van der Waals surface area (Å²) in [4.78, 5) is 24.2. The normalized spacial score (nSPS) is 22.5. The number of carbonyl (C=O) groups excluding carboxylic acids is 1. The molecule has 0 aromatic carbocycles. The third kappa shape index (κ3) is 3.12. The number of rotatable bonds is 4. The van der Waals surface area contributed by atoms with Gasteiger partial charge in [-0.25, -0.2) is 4.98 Å². The topological polar surface area (TPSA) is 52.2 Å². The zero-order chi connectivity index (χ0) is 13.8.